The second kappa shape index (κ2) is 11.7. The molecule has 5 aromatic rings. The Hall–Kier alpha value is -5.22. The number of aromatic nitrogens is 3. The number of fused-ring (bicyclic) bond motifs is 1. The van der Waals surface area contributed by atoms with Crippen LogP contribution in [0, 0.1) is 0 Å². The van der Waals surface area contributed by atoms with Crippen LogP contribution >= 0.6 is 11.6 Å². The minimum absolute atomic E-state index is 0.0194. The molecule has 0 saturated carbocycles. The van der Waals surface area contributed by atoms with Crippen LogP contribution in [0.4, 0.5) is 5.69 Å². The van der Waals surface area contributed by atoms with Gasteiger partial charge in [0.05, 0.1) is 12.7 Å². The van der Waals surface area contributed by atoms with Crippen molar-refractivity contribution < 1.29 is 24.2 Å². The summed E-state index contributed by atoms with van der Waals surface area (Å²) < 4.78 is 6.59. The zero-order valence-corrected chi connectivity index (χ0v) is 23.3. The van der Waals surface area contributed by atoms with Crippen molar-refractivity contribution in [3.8, 4) is 17.0 Å². The molecule has 0 aliphatic rings. The number of aromatic amines is 1. The van der Waals surface area contributed by atoms with Crippen LogP contribution in [0.3, 0.4) is 0 Å². The van der Waals surface area contributed by atoms with Crippen LogP contribution in [0.2, 0.25) is 5.02 Å². The molecular weight excluding hydrogens is 560 g/mol. The lowest BCUT2D eigenvalue weighted by Crippen LogP contribution is -2.36. The molecule has 0 fully saturated rings. The van der Waals surface area contributed by atoms with Crippen molar-refractivity contribution >= 4 is 45.9 Å². The molecule has 1 amide bonds. The number of methoxy groups -OCH3 is 1. The first kappa shape index (κ1) is 28.3. The molecule has 1 atom stereocenters. The van der Waals surface area contributed by atoms with Gasteiger partial charge in [-0.05, 0) is 60.5 Å². The Morgan fingerprint density at radius 3 is 2.48 bits per heavy atom. The Balaban J connectivity index is 1.57. The molecule has 0 radical (unpaired) electrons. The Morgan fingerprint density at radius 2 is 1.79 bits per heavy atom. The SMILES string of the molecule is COc1nn(C(Cc2ccccc2)C(=O)Nc2ccc3[nH]c(C(=O)O)cc3c2)c(=O)cc1-c1cc(Cl)ccc1C(C)=O. The number of hydrogen-bond acceptors (Lipinski definition) is 6. The van der Waals surface area contributed by atoms with E-state index >= 15 is 0 Å². The number of aromatic carboxylic acids is 1. The lowest BCUT2D eigenvalue weighted by Gasteiger charge is -2.20. The van der Waals surface area contributed by atoms with Gasteiger partial charge in [0.25, 0.3) is 5.56 Å². The van der Waals surface area contributed by atoms with E-state index in [9.17, 15) is 24.3 Å². The molecule has 3 N–H and O–H groups in total. The lowest BCUT2D eigenvalue weighted by atomic mass is 9.98. The molecule has 5 rings (SSSR count). The number of carbonyl (C=O) groups excluding carboxylic acids is 2. The van der Waals surface area contributed by atoms with Gasteiger partial charge in [-0.15, -0.1) is 5.10 Å². The number of H-pyrrole nitrogens is 1. The van der Waals surface area contributed by atoms with Crippen molar-refractivity contribution in [3.63, 3.8) is 0 Å². The largest absolute Gasteiger partial charge is 0.480 e. The first-order valence-electron chi connectivity index (χ1n) is 12.8. The van der Waals surface area contributed by atoms with Gasteiger partial charge in [-0.1, -0.05) is 41.9 Å². The van der Waals surface area contributed by atoms with Crippen LogP contribution < -0.4 is 15.6 Å². The van der Waals surface area contributed by atoms with Crippen molar-refractivity contribution in [2.75, 3.05) is 12.4 Å². The van der Waals surface area contributed by atoms with E-state index in [4.69, 9.17) is 16.3 Å². The maximum atomic E-state index is 13.7. The third-order valence-corrected chi connectivity index (χ3v) is 6.99. The topological polar surface area (TPSA) is 143 Å². The first-order valence-corrected chi connectivity index (χ1v) is 13.2. The number of nitrogens with zero attached hydrogens (tertiary/aromatic N) is 2. The van der Waals surface area contributed by atoms with Crippen molar-refractivity contribution in [1.29, 1.82) is 0 Å². The summed E-state index contributed by atoms with van der Waals surface area (Å²) in [7, 11) is 1.38. The molecule has 1 unspecified atom stereocenters. The van der Waals surface area contributed by atoms with Crippen LogP contribution in [0.5, 0.6) is 5.88 Å². The van der Waals surface area contributed by atoms with Gasteiger partial charge in [-0.25, -0.2) is 9.48 Å². The highest BCUT2D eigenvalue weighted by molar-refractivity contribution is 6.31. The summed E-state index contributed by atoms with van der Waals surface area (Å²) in [6, 6.07) is 20.4. The minimum atomic E-state index is -1.10. The van der Waals surface area contributed by atoms with Crippen LogP contribution in [-0.4, -0.2) is 44.6 Å². The zero-order chi connectivity index (χ0) is 30.0. The van der Waals surface area contributed by atoms with Gasteiger partial charge in [0.1, 0.15) is 11.7 Å². The number of benzene rings is 3. The molecule has 11 heteroatoms. The number of halogens is 1. The smallest absolute Gasteiger partial charge is 0.352 e. The number of ketones is 1. The first-order chi connectivity index (χ1) is 20.1. The number of nitrogens with one attached hydrogen (secondary N) is 2. The highest BCUT2D eigenvalue weighted by Crippen LogP contribution is 2.33. The van der Waals surface area contributed by atoms with E-state index in [0.29, 0.717) is 32.7 Å². The van der Waals surface area contributed by atoms with E-state index in [1.54, 1.807) is 36.4 Å². The number of rotatable bonds is 9. The van der Waals surface area contributed by atoms with Gasteiger partial charge >= 0.3 is 5.97 Å². The van der Waals surface area contributed by atoms with Gasteiger partial charge in [0, 0.05) is 39.7 Å². The maximum absolute atomic E-state index is 13.7. The van der Waals surface area contributed by atoms with Crippen LogP contribution in [0.15, 0.2) is 83.7 Å². The minimum Gasteiger partial charge on any atom is -0.480 e. The van der Waals surface area contributed by atoms with Crippen LogP contribution in [-0.2, 0) is 11.2 Å². The zero-order valence-electron chi connectivity index (χ0n) is 22.6. The van der Waals surface area contributed by atoms with Crippen molar-refractivity contribution in [2.24, 2.45) is 0 Å². The fraction of sp³-hybridized carbons (Fsp3) is 0.129. The van der Waals surface area contributed by atoms with E-state index in [2.05, 4.69) is 15.4 Å². The third kappa shape index (κ3) is 5.79. The predicted octanol–water partition coefficient (Wildman–Crippen LogP) is 5.38. The van der Waals surface area contributed by atoms with E-state index in [-0.39, 0.29) is 29.3 Å². The number of amides is 1. The van der Waals surface area contributed by atoms with Gasteiger partial charge in [-0.3, -0.25) is 14.4 Å². The maximum Gasteiger partial charge on any atom is 0.352 e. The molecule has 212 valence electrons. The summed E-state index contributed by atoms with van der Waals surface area (Å²) in [6.45, 7) is 1.40. The highest BCUT2D eigenvalue weighted by Gasteiger charge is 2.26. The number of carbonyl (C=O) groups is 3. The summed E-state index contributed by atoms with van der Waals surface area (Å²) >= 11 is 6.21. The Labute approximate surface area is 244 Å². The molecule has 0 bridgehead atoms. The normalized spacial score (nSPS) is 11.7. The van der Waals surface area contributed by atoms with Crippen molar-refractivity contribution in [3.05, 3.63) is 111 Å². The summed E-state index contributed by atoms with van der Waals surface area (Å²) in [5.41, 5.74) is 2.19. The molecule has 0 aliphatic carbocycles. The number of anilines is 1. The number of carboxylic acids is 1. The number of Topliss-reactive ketones (excluding diaryl/α,β-unsaturated/α-hetero) is 1. The van der Waals surface area contributed by atoms with Crippen molar-refractivity contribution in [1.82, 2.24) is 14.8 Å². The number of carboxylic acid groups (broad SMARTS) is 1. The second-order valence-corrected chi connectivity index (χ2v) is 10.0. The van der Waals surface area contributed by atoms with E-state index in [1.807, 2.05) is 30.3 Å². The van der Waals surface area contributed by atoms with Crippen LogP contribution in [0.25, 0.3) is 22.0 Å². The number of ether oxygens (including phenoxy) is 1. The summed E-state index contributed by atoms with van der Waals surface area (Å²) in [6.07, 6.45) is 0.132. The quantitative estimate of drug-likeness (QED) is 0.197. The average Bonchev–Trinajstić information content (AvgIpc) is 3.40. The summed E-state index contributed by atoms with van der Waals surface area (Å²) in [4.78, 5) is 53.8. The fourth-order valence-electron chi connectivity index (χ4n) is 4.74. The Morgan fingerprint density at radius 1 is 1.02 bits per heavy atom. The molecule has 2 heterocycles. The molecular formula is C31H25ClN4O6. The lowest BCUT2D eigenvalue weighted by molar-refractivity contribution is -0.119. The molecule has 10 nitrogen and oxygen atoms in total. The third-order valence-electron chi connectivity index (χ3n) is 6.76. The van der Waals surface area contributed by atoms with Gasteiger partial charge in [0.2, 0.25) is 11.8 Å². The average molecular weight is 585 g/mol. The van der Waals surface area contributed by atoms with Crippen molar-refractivity contribution in [2.45, 2.75) is 19.4 Å². The summed E-state index contributed by atoms with van der Waals surface area (Å²) in [5.74, 6) is -1.83. The Kier molecular flexibility index (Phi) is 7.90. The van der Waals surface area contributed by atoms with E-state index < -0.39 is 23.5 Å². The predicted molar refractivity (Wildman–Crippen MR) is 159 cm³/mol. The molecule has 0 spiro atoms. The fourth-order valence-corrected chi connectivity index (χ4v) is 4.92. The number of hydrogen-bond donors (Lipinski definition) is 3. The Bertz CT molecular complexity index is 1900. The molecule has 42 heavy (non-hydrogen) atoms. The molecule has 0 aliphatic heterocycles. The van der Waals surface area contributed by atoms with Crippen LogP contribution in [0.1, 0.15) is 39.4 Å². The van der Waals surface area contributed by atoms with Gasteiger partial charge < -0.3 is 20.1 Å². The molecule has 0 saturated heterocycles. The van der Waals surface area contributed by atoms with Gasteiger partial charge in [0.15, 0.2) is 5.78 Å². The van der Waals surface area contributed by atoms with E-state index in [0.717, 1.165) is 10.2 Å². The van der Waals surface area contributed by atoms with Gasteiger partial charge in [-0.2, -0.15) is 0 Å². The molecule has 3 aromatic carbocycles. The highest BCUT2D eigenvalue weighted by atomic mass is 35.5. The summed E-state index contributed by atoms with van der Waals surface area (Å²) in [5, 5.41) is 17.5. The monoisotopic (exact) mass is 584 g/mol. The second-order valence-electron chi connectivity index (χ2n) is 9.58. The standard InChI is InChI=1S/C31H25ClN4O6/c1-17(37)22-10-8-20(32)15-23(22)24-16-28(38)36(35-30(24)42-2)27(12-18-6-4-3-5-7-18)29(39)33-21-9-11-25-19(13-21)14-26(34-25)31(40)41/h3-11,13-16,27,34H,12H2,1-2H3,(H,33,39)(H,40,41). The van der Waals surface area contributed by atoms with E-state index in [1.165, 1.54) is 26.2 Å². The molecule has 2 aromatic heterocycles.